The van der Waals surface area contributed by atoms with Crippen LogP contribution in [0.1, 0.15) is 71.1 Å². The van der Waals surface area contributed by atoms with E-state index in [-0.39, 0.29) is 18.9 Å². The molecular formula is C23H37F2N5O2. The molecule has 1 spiro atoms. The van der Waals surface area contributed by atoms with Crippen LogP contribution in [0.15, 0.2) is 0 Å². The average Bonchev–Trinajstić information content (AvgIpc) is 3.52. The third-order valence-electron chi connectivity index (χ3n) is 7.51. The summed E-state index contributed by atoms with van der Waals surface area (Å²) in [6, 6.07) is 0.748. The van der Waals surface area contributed by atoms with Crippen LogP contribution in [0.2, 0.25) is 0 Å². The molecule has 1 saturated carbocycles. The van der Waals surface area contributed by atoms with E-state index in [0.29, 0.717) is 50.9 Å². The number of carbonyl (C=O) groups is 2. The Bertz CT molecular complexity index is 716. The molecule has 3 rings (SSSR count). The smallest absolute Gasteiger partial charge is 0.318 e. The van der Waals surface area contributed by atoms with Gasteiger partial charge in [0.2, 0.25) is 11.8 Å². The van der Waals surface area contributed by atoms with Crippen LogP contribution in [0.5, 0.6) is 0 Å². The fourth-order valence-corrected chi connectivity index (χ4v) is 4.80. The zero-order valence-corrected chi connectivity index (χ0v) is 19.4. The Hall–Kier alpha value is -1.95. The van der Waals surface area contributed by atoms with Gasteiger partial charge in [-0.2, -0.15) is 5.26 Å². The molecular weight excluding hydrogens is 416 g/mol. The van der Waals surface area contributed by atoms with Gasteiger partial charge in [-0.25, -0.2) is 13.6 Å². The molecule has 2 saturated heterocycles. The predicted octanol–water partition coefficient (Wildman–Crippen LogP) is 3.26. The summed E-state index contributed by atoms with van der Waals surface area (Å²) in [5, 5.41) is 15.2. The summed E-state index contributed by atoms with van der Waals surface area (Å²) in [6.07, 6.45) is 4.72. The third-order valence-corrected chi connectivity index (χ3v) is 7.51. The number of carbonyl (C=O) groups excluding carboxylic acids is 2. The zero-order chi connectivity index (χ0) is 23.4. The van der Waals surface area contributed by atoms with Crippen molar-refractivity contribution in [1.82, 2.24) is 20.4 Å². The Morgan fingerprint density at radius 3 is 2.22 bits per heavy atom. The van der Waals surface area contributed by atoms with E-state index in [0.717, 1.165) is 12.8 Å². The van der Waals surface area contributed by atoms with Gasteiger partial charge in [-0.1, -0.05) is 13.3 Å². The second kappa shape index (κ2) is 9.90. The first-order valence-corrected chi connectivity index (χ1v) is 12.0. The van der Waals surface area contributed by atoms with Crippen molar-refractivity contribution in [3.63, 3.8) is 0 Å². The van der Waals surface area contributed by atoms with Gasteiger partial charge in [0.15, 0.2) is 0 Å². The van der Waals surface area contributed by atoms with Crippen molar-refractivity contribution >= 4 is 11.9 Å². The van der Waals surface area contributed by atoms with Crippen LogP contribution in [0.25, 0.3) is 0 Å². The van der Waals surface area contributed by atoms with E-state index in [9.17, 15) is 23.6 Å². The summed E-state index contributed by atoms with van der Waals surface area (Å²) in [7, 11) is 1.95. The number of nitriles is 1. The van der Waals surface area contributed by atoms with Gasteiger partial charge in [0.1, 0.15) is 11.6 Å². The molecule has 32 heavy (non-hydrogen) atoms. The van der Waals surface area contributed by atoms with Gasteiger partial charge in [-0.3, -0.25) is 4.79 Å². The number of nitrogens with one attached hydrogen (secondary N) is 2. The van der Waals surface area contributed by atoms with Crippen molar-refractivity contribution in [3.8, 4) is 6.07 Å². The third kappa shape index (κ3) is 6.31. The van der Waals surface area contributed by atoms with Gasteiger partial charge in [0.05, 0.1) is 6.07 Å². The molecule has 9 heteroatoms. The van der Waals surface area contributed by atoms with E-state index in [1.54, 1.807) is 11.8 Å². The number of nitrogens with zero attached hydrogens (tertiary/aromatic N) is 3. The fourth-order valence-electron chi connectivity index (χ4n) is 4.80. The van der Waals surface area contributed by atoms with Crippen LogP contribution >= 0.6 is 0 Å². The van der Waals surface area contributed by atoms with Crippen LogP contribution in [-0.4, -0.2) is 72.5 Å². The van der Waals surface area contributed by atoms with Crippen LogP contribution in [0.4, 0.5) is 13.6 Å². The van der Waals surface area contributed by atoms with Crippen LogP contribution < -0.4 is 10.6 Å². The van der Waals surface area contributed by atoms with E-state index >= 15 is 0 Å². The highest BCUT2D eigenvalue weighted by Crippen LogP contribution is 2.53. The van der Waals surface area contributed by atoms with E-state index in [2.05, 4.69) is 21.6 Å². The Balaban J connectivity index is 1.64. The molecule has 2 N–H and O–H groups in total. The number of urea groups is 1. The molecule has 3 amide bonds. The molecule has 0 bridgehead atoms. The van der Waals surface area contributed by atoms with Gasteiger partial charge in [-0.15, -0.1) is 0 Å². The monoisotopic (exact) mass is 453 g/mol. The van der Waals surface area contributed by atoms with Gasteiger partial charge in [0.25, 0.3) is 0 Å². The van der Waals surface area contributed by atoms with Gasteiger partial charge < -0.3 is 20.4 Å². The van der Waals surface area contributed by atoms with Crippen LogP contribution in [-0.2, 0) is 4.79 Å². The van der Waals surface area contributed by atoms with E-state index < -0.39 is 29.8 Å². The molecule has 180 valence electrons. The second-order valence-corrected chi connectivity index (χ2v) is 10.1. The number of hydrogen-bond acceptors (Lipinski definition) is 4. The molecule has 7 nitrogen and oxygen atoms in total. The summed E-state index contributed by atoms with van der Waals surface area (Å²) in [6.45, 7) is 4.27. The van der Waals surface area contributed by atoms with Crippen molar-refractivity contribution in [2.24, 2.45) is 5.41 Å². The van der Waals surface area contributed by atoms with Crippen molar-refractivity contribution < 1.29 is 18.4 Å². The summed E-state index contributed by atoms with van der Waals surface area (Å²) >= 11 is 0. The normalized spacial score (nSPS) is 23.3. The van der Waals surface area contributed by atoms with E-state index in [1.807, 2.05) is 7.05 Å². The van der Waals surface area contributed by atoms with Crippen molar-refractivity contribution in [3.05, 3.63) is 0 Å². The molecule has 2 heterocycles. The molecule has 0 radical (unpaired) electrons. The van der Waals surface area contributed by atoms with Gasteiger partial charge in [0, 0.05) is 39.0 Å². The van der Waals surface area contributed by atoms with Crippen molar-refractivity contribution in [2.45, 2.75) is 88.6 Å². The Kier molecular flexibility index (Phi) is 7.64. The minimum Gasteiger partial charge on any atom is -0.336 e. The molecule has 2 aliphatic heterocycles. The molecule has 1 aliphatic carbocycles. The first kappa shape index (κ1) is 24.7. The van der Waals surface area contributed by atoms with Crippen molar-refractivity contribution in [2.75, 3.05) is 33.2 Å². The summed E-state index contributed by atoms with van der Waals surface area (Å²) in [5.74, 6) is -3.44. The van der Waals surface area contributed by atoms with E-state index in [1.165, 1.54) is 12.8 Å². The maximum absolute atomic E-state index is 14.2. The maximum atomic E-state index is 14.2. The van der Waals surface area contributed by atoms with Crippen LogP contribution in [0.3, 0.4) is 0 Å². The van der Waals surface area contributed by atoms with Gasteiger partial charge >= 0.3 is 6.03 Å². The number of halogens is 2. The van der Waals surface area contributed by atoms with Crippen molar-refractivity contribution in [1.29, 1.82) is 5.26 Å². The second-order valence-electron chi connectivity index (χ2n) is 10.1. The molecule has 0 aromatic heterocycles. The number of piperidine rings is 2. The lowest BCUT2D eigenvalue weighted by Crippen LogP contribution is -2.59. The number of alkyl halides is 2. The molecule has 3 aliphatic rings. The lowest BCUT2D eigenvalue weighted by atomic mass is 9.88. The topological polar surface area (TPSA) is 88.5 Å². The number of hydrogen-bond donors (Lipinski definition) is 2. The molecule has 0 aromatic carbocycles. The lowest BCUT2D eigenvalue weighted by molar-refractivity contribution is -0.125. The Labute approximate surface area is 189 Å². The molecule has 1 atom stereocenters. The minimum atomic E-state index is -2.89. The fraction of sp³-hybridized carbons (Fsp3) is 0.870. The highest BCUT2D eigenvalue weighted by atomic mass is 19.3. The minimum absolute atomic E-state index is 0.163. The Morgan fingerprint density at radius 2 is 1.69 bits per heavy atom. The quantitative estimate of drug-likeness (QED) is 0.591. The number of rotatable bonds is 8. The first-order valence-electron chi connectivity index (χ1n) is 12.0. The highest BCUT2D eigenvalue weighted by Gasteiger charge is 2.45. The number of likely N-dealkylation sites (tertiary alicyclic amines) is 2. The molecule has 0 aromatic rings. The zero-order valence-electron chi connectivity index (χ0n) is 19.4. The predicted molar refractivity (Wildman–Crippen MR) is 117 cm³/mol. The standard InChI is InChI=1S/C23H37F2N5O2/c1-3-5-23(24,25)6-4-18(19(31)28-22(17-26)11-13-29(2)14-12-22)27-20(32)30-15-9-21(7-8-21)10-16-30/h18H,3-16H2,1-2H3,(H,27,32)(H,28,31)/t18-/m0/s1. The first-order chi connectivity index (χ1) is 15.1. The summed E-state index contributed by atoms with van der Waals surface area (Å²) in [5.41, 5.74) is -0.620. The summed E-state index contributed by atoms with van der Waals surface area (Å²) in [4.78, 5) is 29.7. The summed E-state index contributed by atoms with van der Waals surface area (Å²) < 4.78 is 28.3. The van der Waals surface area contributed by atoms with Gasteiger partial charge in [-0.05, 0) is 57.4 Å². The van der Waals surface area contributed by atoms with E-state index in [4.69, 9.17) is 0 Å². The Morgan fingerprint density at radius 1 is 1.06 bits per heavy atom. The highest BCUT2D eigenvalue weighted by molar-refractivity contribution is 5.87. The van der Waals surface area contributed by atoms with Crippen LogP contribution in [0, 0.1) is 16.7 Å². The number of amides is 3. The average molecular weight is 454 g/mol. The largest absolute Gasteiger partial charge is 0.336 e. The molecule has 0 unspecified atom stereocenters. The SMILES string of the molecule is CCCC(F)(F)CC[C@H](NC(=O)N1CCC2(CC1)CC2)C(=O)NC1(C#N)CCN(C)CC1. The lowest BCUT2D eigenvalue weighted by Gasteiger charge is -2.37. The molecule has 3 fully saturated rings. The maximum Gasteiger partial charge on any atom is 0.318 e.